The van der Waals surface area contributed by atoms with Crippen LogP contribution in [0.5, 0.6) is 0 Å². The van der Waals surface area contributed by atoms with Crippen molar-refractivity contribution >= 4 is 5.91 Å². The summed E-state index contributed by atoms with van der Waals surface area (Å²) in [6.45, 7) is 3.90. The van der Waals surface area contributed by atoms with Crippen LogP contribution in [-0.2, 0) is 16.0 Å². The largest absolute Gasteiger partial charge is 0.370 e. The van der Waals surface area contributed by atoms with E-state index in [0.29, 0.717) is 38.3 Å². The first-order valence-electron chi connectivity index (χ1n) is 11.4. The van der Waals surface area contributed by atoms with E-state index in [1.165, 1.54) is 12.4 Å². The number of carbonyl (C=O) groups is 1. The Balaban J connectivity index is 1.24. The molecule has 0 N–H and O–H groups in total. The summed E-state index contributed by atoms with van der Waals surface area (Å²) in [5, 5.41) is 19.8. The number of rotatable bonds is 4. The van der Waals surface area contributed by atoms with Crippen LogP contribution in [0.15, 0.2) is 30.6 Å². The van der Waals surface area contributed by atoms with Crippen molar-refractivity contribution in [1.29, 1.82) is 5.26 Å². The molecule has 3 aromatic rings. The monoisotopic (exact) mass is 497 g/mol. The van der Waals surface area contributed by atoms with Crippen LogP contribution in [0.3, 0.4) is 0 Å². The smallest absolute Gasteiger partial charge is 0.227 e. The molecule has 0 bridgehead atoms. The molecular formula is C24H22F3N7O2. The number of hydrogen-bond acceptors (Lipinski definition) is 7. The Bertz CT molecular complexity index is 1320. The number of piperazine rings is 1. The van der Waals surface area contributed by atoms with Gasteiger partial charge in [-0.1, -0.05) is 6.07 Å². The first-order valence-corrected chi connectivity index (χ1v) is 11.4. The maximum absolute atomic E-state index is 14.7. The summed E-state index contributed by atoms with van der Waals surface area (Å²) in [5.41, 5.74) is 1.15. The molecule has 0 aliphatic carbocycles. The summed E-state index contributed by atoms with van der Waals surface area (Å²) in [7, 11) is 0. The molecule has 2 aliphatic rings. The summed E-state index contributed by atoms with van der Waals surface area (Å²) >= 11 is 0. The predicted octanol–water partition coefficient (Wildman–Crippen LogP) is 2.09. The molecule has 2 saturated heterocycles. The minimum atomic E-state index is -0.845. The SMILES string of the molecule is Cc1c(C2CN3CCN(C(=O)Cc4c(F)cc(-n5cnnn5)cc4F)CC3CO2)ccc(F)c1C#N. The number of amides is 1. The molecular weight excluding hydrogens is 475 g/mol. The highest BCUT2D eigenvalue weighted by Gasteiger charge is 2.36. The van der Waals surface area contributed by atoms with Gasteiger partial charge in [-0.3, -0.25) is 9.69 Å². The third-order valence-corrected chi connectivity index (χ3v) is 6.83. The second-order valence-electron chi connectivity index (χ2n) is 8.88. The molecule has 1 aromatic heterocycles. The van der Waals surface area contributed by atoms with E-state index in [1.54, 1.807) is 17.9 Å². The van der Waals surface area contributed by atoms with E-state index in [4.69, 9.17) is 4.74 Å². The Morgan fingerprint density at radius 3 is 2.64 bits per heavy atom. The van der Waals surface area contributed by atoms with Crippen LogP contribution in [0.1, 0.15) is 28.4 Å². The molecule has 0 radical (unpaired) electrons. The van der Waals surface area contributed by atoms with Crippen molar-refractivity contribution in [3.05, 3.63) is 70.3 Å². The third kappa shape index (κ3) is 4.43. The van der Waals surface area contributed by atoms with Crippen molar-refractivity contribution in [2.24, 2.45) is 0 Å². The van der Waals surface area contributed by atoms with Gasteiger partial charge < -0.3 is 9.64 Å². The van der Waals surface area contributed by atoms with Gasteiger partial charge in [0.25, 0.3) is 0 Å². The molecule has 186 valence electrons. The molecule has 2 aromatic carbocycles. The van der Waals surface area contributed by atoms with Gasteiger partial charge in [0.1, 0.15) is 29.8 Å². The number of morpholine rings is 1. The van der Waals surface area contributed by atoms with E-state index in [2.05, 4.69) is 20.4 Å². The number of hydrogen-bond donors (Lipinski definition) is 0. The lowest BCUT2D eigenvalue weighted by atomic mass is 9.96. The number of tetrazole rings is 1. The molecule has 0 saturated carbocycles. The number of ether oxygens (including phenoxy) is 1. The van der Waals surface area contributed by atoms with E-state index in [-0.39, 0.29) is 34.9 Å². The number of aromatic nitrogens is 4. The molecule has 3 heterocycles. The fourth-order valence-electron chi connectivity index (χ4n) is 4.81. The molecule has 2 fully saturated rings. The Labute approximate surface area is 204 Å². The lowest BCUT2D eigenvalue weighted by Gasteiger charge is -2.46. The van der Waals surface area contributed by atoms with E-state index >= 15 is 0 Å². The van der Waals surface area contributed by atoms with Crippen LogP contribution < -0.4 is 0 Å². The van der Waals surface area contributed by atoms with Crippen LogP contribution in [-0.4, -0.2) is 74.7 Å². The Kier molecular flexibility index (Phi) is 6.42. The molecule has 0 spiro atoms. The average Bonchev–Trinajstić information content (AvgIpc) is 3.41. The zero-order chi connectivity index (χ0) is 25.4. The van der Waals surface area contributed by atoms with Crippen molar-refractivity contribution in [2.45, 2.75) is 25.5 Å². The predicted molar refractivity (Wildman–Crippen MR) is 119 cm³/mol. The number of benzene rings is 2. The number of nitriles is 1. The van der Waals surface area contributed by atoms with Gasteiger partial charge in [-0.15, -0.1) is 5.10 Å². The summed E-state index contributed by atoms with van der Waals surface area (Å²) in [4.78, 5) is 16.7. The summed E-state index contributed by atoms with van der Waals surface area (Å²) < 4.78 is 50.4. The van der Waals surface area contributed by atoms with Crippen LogP contribution >= 0.6 is 0 Å². The maximum atomic E-state index is 14.7. The zero-order valence-corrected chi connectivity index (χ0v) is 19.4. The molecule has 12 heteroatoms. The van der Waals surface area contributed by atoms with Gasteiger partial charge in [-0.2, -0.15) is 5.26 Å². The molecule has 5 rings (SSSR count). The first-order chi connectivity index (χ1) is 17.4. The van der Waals surface area contributed by atoms with Crippen LogP contribution in [0.4, 0.5) is 13.2 Å². The minimum absolute atomic E-state index is 0.0130. The average molecular weight is 497 g/mol. The van der Waals surface area contributed by atoms with Crippen molar-refractivity contribution < 1.29 is 22.7 Å². The summed E-state index contributed by atoms with van der Waals surface area (Å²) in [5.74, 6) is -2.62. The number of fused-ring (bicyclic) bond motifs is 1. The highest BCUT2D eigenvalue weighted by molar-refractivity contribution is 5.79. The fraction of sp³-hybridized carbons (Fsp3) is 0.375. The third-order valence-electron chi connectivity index (χ3n) is 6.83. The van der Waals surface area contributed by atoms with Crippen molar-refractivity contribution in [3.8, 4) is 11.8 Å². The Morgan fingerprint density at radius 1 is 1.17 bits per heavy atom. The van der Waals surface area contributed by atoms with Gasteiger partial charge in [-0.25, -0.2) is 17.9 Å². The second kappa shape index (κ2) is 9.67. The fourth-order valence-corrected chi connectivity index (χ4v) is 4.81. The summed E-state index contributed by atoms with van der Waals surface area (Å²) in [6, 6.07) is 6.92. The number of halogens is 3. The standard InChI is InChI=1S/C24H22F3N7O2/c1-14-17(2-3-20(25)19(14)9-28)23-11-32-4-5-33(10-16(32)12-36-23)24(35)8-18-21(26)6-15(7-22(18)27)34-13-29-30-31-34/h2-3,6-7,13,16,23H,4-5,8,10-12H2,1H3. The number of carbonyl (C=O) groups excluding carboxylic acids is 1. The number of nitrogens with zero attached hydrogens (tertiary/aromatic N) is 7. The first kappa shape index (κ1) is 23.9. The van der Waals surface area contributed by atoms with E-state index in [1.807, 2.05) is 6.07 Å². The lowest BCUT2D eigenvalue weighted by Crippen LogP contribution is -2.59. The second-order valence-corrected chi connectivity index (χ2v) is 8.88. The van der Waals surface area contributed by atoms with Gasteiger partial charge in [-0.05, 0) is 34.5 Å². The molecule has 2 unspecified atom stereocenters. The van der Waals surface area contributed by atoms with Gasteiger partial charge in [0, 0.05) is 43.9 Å². The normalized spacial score (nSPS) is 20.1. The van der Waals surface area contributed by atoms with E-state index in [0.717, 1.165) is 22.4 Å². The van der Waals surface area contributed by atoms with Gasteiger partial charge in [0.2, 0.25) is 5.91 Å². The topological polar surface area (TPSA) is 100 Å². The van der Waals surface area contributed by atoms with Crippen molar-refractivity contribution in [2.75, 3.05) is 32.8 Å². The molecule has 1 amide bonds. The summed E-state index contributed by atoms with van der Waals surface area (Å²) in [6.07, 6.45) is 0.489. The molecule has 36 heavy (non-hydrogen) atoms. The van der Waals surface area contributed by atoms with Crippen molar-refractivity contribution in [3.63, 3.8) is 0 Å². The van der Waals surface area contributed by atoms with Crippen LogP contribution in [0, 0.1) is 35.7 Å². The van der Waals surface area contributed by atoms with Gasteiger partial charge in [0.05, 0.1) is 36.4 Å². The molecule has 2 atom stereocenters. The van der Waals surface area contributed by atoms with Crippen LogP contribution in [0.2, 0.25) is 0 Å². The van der Waals surface area contributed by atoms with E-state index < -0.39 is 23.9 Å². The van der Waals surface area contributed by atoms with E-state index in [9.17, 15) is 23.2 Å². The molecule has 9 nitrogen and oxygen atoms in total. The highest BCUT2D eigenvalue weighted by Crippen LogP contribution is 2.31. The van der Waals surface area contributed by atoms with Gasteiger partial charge >= 0.3 is 0 Å². The maximum Gasteiger partial charge on any atom is 0.227 e. The Morgan fingerprint density at radius 2 is 1.94 bits per heavy atom. The van der Waals surface area contributed by atoms with Crippen molar-refractivity contribution in [1.82, 2.24) is 30.0 Å². The minimum Gasteiger partial charge on any atom is -0.370 e. The zero-order valence-electron chi connectivity index (χ0n) is 19.4. The molecule has 2 aliphatic heterocycles. The van der Waals surface area contributed by atoms with Crippen LogP contribution in [0.25, 0.3) is 5.69 Å². The quantitative estimate of drug-likeness (QED) is 0.544. The highest BCUT2D eigenvalue weighted by atomic mass is 19.1. The Hall–Kier alpha value is -3.82. The lowest BCUT2D eigenvalue weighted by molar-refractivity contribution is -0.139. The van der Waals surface area contributed by atoms with Gasteiger partial charge in [0.15, 0.2) is 0 Å².